The van der Waals surface area contributed by atoms with Crippen LogP contribution in [0.15, 0.2) is 34.2 Å². The van der Waals surface area contributed by atoms with Gasteiger partial charge in [0.2, 0.25) is 5.72 Å². The third-order valence-electron chi connectivity index (χ3n) is 3.45. The first-order valence-electron chi connectivity index (χ1n) is 6.90. The fourth-order valence-electron chi connectivity index (χ4n) is 2.36. The summed E-state index contributed by atoms with van der Waals surface area (Å²) < 4.78 is 30.1. The summed E-state index contributed by atoms with van der Waals surface area (Å²) in [5.41, 5.74) is -2.50. The summed E-state index contributed by atoms with van der Waals surface area (Å²) in [5.74, 6) is -0.893. The summed E-state index contributed by atoms with van der Waals surface area (Å²) >= 11 is 3.26. The summed E-state index contributed by atoms with van der Waals surface area (Å²) in [5, 5.41) is 22.3. The third-order valence-corrected chi connectivity index (χ3v) is 3.86. The molecule has 11 heteroatoms. The van der Waals surface area contributed by atoms with Crippen molar-refractivity contribution in [2.75, 3.05) is 0 Å². The largest absolute Gasteiger partial charge is 0.364 e. The standard InChI is InChI=1S/C13H13BrF2N6O2/c1-8-4-13(24,12(15)16)22(18-8)11(23)10-2-3-20(19-10)7-21-6-9(14)5-17-21/h2-3,5-6,12,24H,4,7H2,1H3/t13-/m1/s1. The van der Waals surface area contributed by atoms with Gasteiger partial charge in [0.25, 0.3) is 12.3 Å². The molecule has 0 saturated carbocycles. The van der Waals surface area contributed by atoms with Gasteiger partial charge in [0, 0.05) is 24.5 Å². The molecule has 2 aromatic rings. The van der Waals surface area contributed by atoms with Crippen LogP contribution in [0.1, 0.15) is 23.8 Å². The Labute approximate surface area is 143 Å². The second-order valence-electron chi connectivity index (χ2n) is 5.39. The molecule has 2 aromatic heterocycles. The van der Waals surface area contributed by atoms with Crippen molar-refractivity contribution < 1.29 is 18.7 Å². The number of aromatic nitrogens is 4. The average Bonchev–Trinajstić information content (AvgIpc) is 3.19. The van der Waals surface area contributed by atoms with E-state index < -0.39 is 24.5 Å². The Morgan fingerprint density at radius 1 is 1.50 bits per heavy atom. The van der Waals surface area contributed by atoms with Gasteiger partial charge in [-0.2, -0.15) is 20.3 Å². The zero-order valence-corrected chi connectivity index (χ0v) is 14.1. The van der Waals surface area contributed by atoms with E-state index in [0.29, 0.717) is 5.01 Å². The molecule has 0 radical (unpaired) electrons. The number of hydrogen-bond acceptors (Lipinski definition) is 5. The SMILES string of the molecule is CC1=NN(C(=O)c2ccn(Cn3cc(Br)cn3)n2)[C@](O)(C(F)F)C1. The summed E-state index contributed by atoms with van der Waals surface area (Å²) in [7, 11) is 0. The molecule has 0 aromatic carbocycles. The normalized spacial score (nSPS) is 20.8. The van der Waals surface area contributed by atoms with Crippen LogP contribution in [0.2, 0.25) is 0 Å². The van der Waals surface area contributed by atoms with Crippen LogP contribution in [0.3, 0.4) is 0 Å². The molecule has 0 unspecified atom stereocenters. The highest BCUT2D eigenvalue weighted by Gasteiger charge is 2.51. The van der Waals surface area contributed by atoms with Crippen molar-refractivity contribution in [3.05, 3.63) is 34.8 Å². The van der Waals surface area contributed by atoms with Gasteiger partial charge in [-0.05, 0) is 28.9 Å². The van der Waals surface area contributed by atoms with Crippen LogP contribution in [0.25, 0.3) is 0 Å². The second kappa shape index (κ2) is 6.06. The molecule has 3 heterocycles. The van der Waals surface area contributed by atoms with E-state index in [9.17, 15) is 18.7 Å². The Morgan fingerprint density at radius 3 is 2.88 bits per heavy atom. The molecular weight excluding hydrogens is 390 g/mol. The minimum atomic E-state index is -3.15. The van der Waals surface area contributed by atoms with Crippen molar-refractivity contribution >= 4 is 27.5 Å². The molecule has 1 aliphatic rings. The highest BCUT2D eigenvalue weighted by molar-refractivity contribution is 9.10. The summed E-state index contributed by atoms with van der Waals surface area (Å²) in [6, 6.07) is 1.37. The van der Waals surface area contributed by atoms with Crippen LogP contribution < -0.4 is 0 Å². The predicted octanol–water partition coefficient (Wildman–Crippen LogP) is 1.52. The van der Waals surface area contributed by atoms with E-state index in [0.717, 1.165) is 4.47 Å². The van der Waals surface area contributed by atoms with Gasteiger partial charge in [-0.25, -0.2) is 13.5 Å². The van der Waals surface area contributed by atoms with E-state index in [-0.39, 0.29) is 18.1 Å². The molecule has 0 aliphatic carbocycles. The van der Waals surface area contributed by atoms with Gasteiger partial charge in [-0.3, -0.25) is 9.48 Å². The van der Waals surface area contributed by atoms with Crippen molar-refractivity contribution in [3.63, 3.8) is 0 Å². The maximum absolute atomic E-state index is 13.2. The Morgan fingerprint density at radius 2 is 2.25 bits per heavy atom. The second-order valence-corrected chi connectivity index (χ2v) is 6.30. The molecule has 0 saturated heterocycles. The molecule has 1 N–H and O–H groups in total. The number of rotatable bonds is 4. The van der Waals surface area contributed by atoms with Gasteiger partial charge >= 0.3 is 0 Å². The molecule has 128 valence electrons. The number of carbonyl (C=O) groups is 1. The van der Waals surface area contributed by atoms with Crippen molar-refractivity contribution in [2.24, 2.45) is 5.10 Å². The van der Waals surface area contributed by atoms with Gasteiger partial charge < -0.3 is 5.11 Å². The number of carbonyl (C=O) groups excluding carboxylic acids is 1. The summed E-state index contributed by atoms with van der Waals surface area (Å²) in [4.78, 5) is 12.4. The number of halogens is 3. The first-order chi connectivity index (χ1) is 11.3. The minimum absolute atomic E-state index is 0.0984. The summed E-state index contributed by atoms with van der Waals surface area (Å²) in [6.07, 6.45) is 1.27. The zero-order chi connectivity index (χ0) is 17.5. The van der Waals surface area contributed by atoms with Gasteiger partial charge in [0.15, 0.2) is 5.69 Å². The molecular formula is C13H13BrF2N6O2. The van der Waals surface area contributed by atoms with Crippen molar-refractivity contribution in [1.82, 2.24) is 24.6 Å². The van der Waals surface area contributed by atoms with E-state index in [1.54, 1.807) is 17.1 Å². The van der Waals surface area contributed by atoms with Crippen LogP contribution >= 0.6 is 15.9 Å². The number of hydrogen-bond donors (Lipinski definition) is 1. The van der Waals surface area contributed by atoms with Crippen LogP contribution in [0.4, 0.5) is 8.78 Å². The van der Waals surface area contributed by atoms with Crippen molar-refractivity contribution in [2.45, 2.75) is 32.2 Å². The molecule has 1 aliphatic heterocycles. The monoisotopic (exact) mass is 402 g/mol. The lowest BCUT2D eigenvalue weighted by molar-refractivity contribution is -0.164. The maximum Gasteiger partial charge on any atom is 0.297 e. The molecule has 0 bridgehead atoms. The third kappa shape index (κ3) is 2.96. The lowest BCUT2D eigenvalue weighted by Gasteiger charge is -2.29. The molecule has 1 amide bonds. The number of aliphatic hydroxyl groups is 1. The van der Waals surface area contributed by atoms with Crippen LogP contribution in [0, 0.1) is 0 Å². The smallest absolute Gasteiger partial charge is 0.297 e. The predicted molar refractivity (Wildman–Crippen MR) is 82.4 cm³/mol. The Bertz CT molecular complexity index is 804. The van der Waals surface area contributed by atoms with Crippen LogP contribution in [0.5, 0.6) is 0 Å². The van der Waals surface area contributed by atoms with Gasteiger partial charge in [0.05, 0.1) is 10.7 Å². The lowest BCUT2D eigenvalue weighted by Crippen LogP contribution is -2.51. The number of amides is 1. The van der Waals surface area contributed by atoms with E-state index in [2.05, 4.69) is 31.2 Å². The van der Waals surface area contributed by atoms with Crippen molar-refractivity contribution in [1.29, 1.82) is 0 Å². The fourth-order valence-corrected chi connectivity index (χ4v) is 2.69. The minimum Gasteiger partial charge on any atom is -0.364 e. The molecule has 0 spiro atoms. The van der Waals surface area contributed by atoms with E-state index >= 15 is 0 Å². The highest BCUT2D eigenvalue weighted by Crippen LogP contribution is 2.32. The Balaban J connectivity index is 1.80. The highest BCUT2D eigenvalue weighted by atomic mass is 79.9. The fraction of sp³-hybridized carbons (Fsp3) is 0.385. The number of hydrazone groups is 1. The molecule has 24 heavy (non-hydrogen) atoms. The molecule has 1 atom stereocenters. The summed E-state index contributed by atoms with van der Waals surface area (Å²) in [6.45, 7) is 1.70. The number of alkyl halides is 2. The van der Waals surface area contributed by atoms with E-state index in [1.807, 2.05) is 0 Å². The Kier molecular flexibility index (Phi) is 4.22. The quantitative estimate of drug-likeness (QED) is 0.839. The van der Waals surface area contributed by atoms with Crippen LogP contribution in [-0.4, -0.2) is 53.4 Å². The van der Waals surface area contributed by atoms with Gasteiger partial charge in [0.1, 0.15) is 6.67 Å². The van der Waals surface area contributed by atoms with Gasteiger partial charge in [-0.1, -0.05) is 0 Å². The topological polar surface area (TPSA) is 88.5 Å². The lowest BCUT2D eigenvalue weighted by atomic mass is 10.1. The van der Waals surface area contributed by atoms with E-state index in [4.69, 9.17) is 0 Å². The molecule has 3 rings (SSSR count). The maximum atomic E-state index is 13.2. The first-order valence-corrected chi connectivity index (χ1v) is 7.69. The molecule has 8 nitrogen and oxygen atoms in total. The van der Waals surface area contributed by atoms with Gasteiger partial charge in [-0.15, -0.1) is 0 Å². The molecule has 0 fully saturated rings. The Hall–Kier alpha value is -2.14. The average molecular weight is 403 g/mol. The van der Waals surface area contributed by atoms with Crippen LogP contribution in [-0.2, 0) is 6.67 Å². The zero-order valence-electron chi connectivity index (χ0n) is 12.5. The first kappa shape index (κ1) is 16.7. The van der Waals surface area contributed by atoms with Crippen molar-refractivity contribution in [3.8, 4) is 0 Å². The van der Waals surface area contributed by atoms with E-state index in [1.165, 1.54) is 23.9 Å². The number of nitrogens with zero attached hydrogens (tertiary/aromatic N) is 6.